The molecule has 1 aromatic heterocycles. The Morgan fingerprint density at radius 3 is 2.71 bits per heavy atom. The molecular formula is C19H20N2O3. The first-order valence-corrected chi connectivity index (χ1v) is 8.34. The van der Waals surface area contributed by atoms with Crippen LogP contribution in [-0.2, 0) is 0 Å². The predicted molar refractivity (Wildman–Crippen MR) is 89.3 cm³/mol. The smallest absolute Gasteiger partial charge is 0.251 e. The van der Waals surface area contributed by atoms with Crippen molar-refractivity contribution >= 4 is 5.91 Å². The number of ether oxygens (including phenoxy) is 2. The third-order valence-corrected chi connectivity index (χ3v) is 4.44. The minimum Gasteiger partial charge on any atom is -0.486 e. The number of aromatic nitrogens is 1. The Morgan fingerprint density at radius 2 is 1.96 bits per heavy atom. The highest BCUT2D eigenvalue weighted by atomic mass is 16.6. The summed E-state index contributed by atoms with van der Waals surface area (Å²) in [6.45, 7) is 3.09. The molecule has 1 fully saturated rings. The van der Waals surface area contributed by atoms with Gasteiger partial charge in [-0.25, -0.2) is 0 Å². The topological polar surface area (TPSA) is 60.5 Å². The zero-order chi connectivity index (χ0) is 16.5. The van der Waals surface area contributed by atoms with E-state index in [1.165, 1.54) is 0 Å². The fraction of sp³-hybridized carbons (Fsp3) is 0.368. The number of aryl methyl sites for hydroxylation is 1. The standard InChI is InChI=1S/C19H20N2O3/c1-12-6-7-20-15(10-12)18(13-2-3-13)21-19(22)14-4-5-16-17(11-14)24-9-8-23-16/h4-7,10-11,13,18H,2-3,8-9H2,1H3,(H,21,22)/t18-/m1/s1. The second kappa shape index (κ2) is 6.15. The van der Waals surface area contributed by atoms with Crippen LogP contribution in [0.15, 0.2) is 36.5 Å². The Balaban J connectivity index is 1.55. The van der Waals surface area contributed by atoms with E-state index in [4.69, 9.17) is 9.47 Å². The first kappa shape index (κ1) is 15.0. The first-order chi connectivity index (χ1) is 11.7. The van der Waals surface area contributed by atoms with Crippen molar-refractivity contribution in [2.24, 2.45) is 5.92 Å². The van der Waals surface area contributed by atoms with Gasteiger partial charge in [-0.15, -0.1) is 0 Å². The number of nitrogens with one attached hydrogen (secondary N) is 1. The predicted octanol–water partition coefficient (Wildman–Crippen LogP) is 3.04. The van der Waals surface area contributed by atoms with Crippen molar-refractivity contribution in [2.75, 3.05) is 13.2 Å². The fourth-order valence-corrected chi connectivity index (χ4v) is 3.00. The molecule has 1 amide bonds. The van der Waals surface area contributed by atoms with E-state index in [-0.39, 0.29) is 11.9 Å². The number of carbonyl (C=O) groups excluding carboxylic acids is 1. The molecule has 0 bridgehead atoms. The summed E-state index contributed by atoms with van der Waals surface area (Å²) < 4.78 is 11.1. The first-order valence-electron chi connectivity index (χ1n) is 8.34. The molecule has 1 atom stereocenters. The van der Waals surface area contributed by atoms with Gasteiger partial charge in [-0.05, 0) is 61.6 Å². The Hall–Kier alpha value is -2.56. The minimum atomic E-state index is -0.104. The Bertz CT molecular complexity index is 771. The van der Waals surface area contributed by atoms with Crippen LogP contribution in [0.25, 0.3) is 0 Å². The van der Waals surface area contributed by atoms with Gasteiger partial charge in [0.2, 0.25) is 0 Å². The van der Waals surface area contributed by atoms with Crippen molar-refractivity contribution in [3.05, 3.63) is 53.3 Å². The Morgan fingerprint density at radius 1 is 1.17 bits per heavy atom. The summed E-state index contributed by atoms with van der Waals surface area (Å²) in [7, 11) is 0. The summed E-state index contributed by atoms with van der Waals surface area (Å²) >= 11 is 0. The number of amides is 1. The number of nitrogens with zero attached hydrogens (tertiary/aromatic N) is 1. The van der Waals surface area contributed by atoms with E-state index in [2.05, 4.69) is 10.3 Å². The molecule has 1 saturated carbocycles. The van der Waals surface area contributed by atoms with Crippen LogP contribution in [0.4, 0.5) is 0 Å². The van der Waals surface area contributed by atoms with E-state index >= 15 is 0 Å². The molecule has 1 aliphatic carbocycles. The molecule has 5 heteroatoms. The lowest BCUT2D eigenvalue weighted by atomic mass is 10.1. The molecule has 5 nitrogen and oxygen atoms in total. The van der Waals surface area contributed by atoms with Gasteiger partial charge < -0.3 is 14.8 Å². The summed E-state index contributed by atoms with van der Waals surface area (Å²) in [5.41, 5.74) is 2.67. The number of benzene rings is 1. The van der Waals surface area contributed by atoms with E-state index in [9.17, 15) is 4.79 Å². The van der Waals surface area contributed by atoms with Crippen LogP contribution in [0.1, 0.15) is 40.5 Å². The van der Waals surface area contributed by atoms with E-state index in [0.717, 1.165) is 24.1 Å². The van der Waals surface area contributed by atoms with Crippen molar-refractivity contribution in [1.82, 2.24) is 10.3 Å². The average molecular weight is 324 g/mol. The molecule has 0 saturated heterocycles. The number of carbonyl (C=O) groups is 1. The highest BCUT2D eigenvalue weighted by Gasteiger charge is 2.34. The number of hydrogen-bond acceptors (Lipinski definition) is 4. The minimum absolute atomic E-state index is 0.0365. The van der Waals surface area contributed by atoms with E-state index < -0.39 is 0 Å². The van der Waals surface area contributed by atoms with Gasteiger partial charge >= 0.3 is 0 Å². The third-order valence-electron chi connectivity index (χ3n) is 4.44. The van der Waals surface area contributed by atoms with E-state index in [0.29, 0.717) is 36.2 Å². The van der Waals surface area contributed by atoms with Crippen LogP contribution < -0.4 is 14.8 Å². The van der Waals surface area contributed by atoms with Crippen LogP contribution in [-0.4, -0.2) is 24.1 Å². The van der Waals surface area contributed by atoms with E-state index in [1.807, 2.05) is 19.1 Å². The van der Waals surface area contributed by atoms with Crippen molar-refractivity contribution in [1.29, 1.82) is 0 Å². The van der Waals surface area contributed by atoms with Gasteiger partial charge in [0.05, 0.1) is 11.7 Å². The number of hydrogen-bond donors (Lipinski definition) is 1. The van der Waals surface area contributed by atoms with Crippen molar-refractivity contribution in [3.8, 4) is 11.5 Å². The molecule has 1 N–H and O–H groups in total. The zero-order valence-corrected chi connectivity index (χ0v) is 13.6. The number of fused-ring (bicyclic) bond motifs is 1. The molecule has 2 heterocycles. The number of rotatable bonds is 4. The molecule has 0 radical (unpaired) electrons. The highest BCUT2D eigenvalue weighted by molar-refractivity contribution is 5.95. The second-order valence-corrected chi connectivity index (χ2v) is 6.41. The van der Waals surface area contributed by atoms with Gasteiger partial charge in [-0.3, -0.25) is 9.78 Å². The van der Waals surface area contributed by atoms with Crippen LogP contribution in [0.3, 0.4) is 0 Å². The lowest BCUT2D eigenvalue weighted by molar-refractivity contribution is 0.0929. The van der Waals surface area contributed by atoms with Gasteiger partial charge in [-0.2, -0.15) is 0 Å². The normalized spacial score (nSPS) is 17.2. The molecule has 2 aromatic rings. The molecular weight excluding hydrogens is 304 g/mol. The van der Waals surface area contributed by atoms with Gasteiger partial charge in [0.15, 0.2) is 11.5 Å². The number of pyridine rings is 1. The lowest BCUT2D eigenvalue weighted by Gasteiger charge is -2.20. The van der Waals surface area contributed by atoms with Crippen LogP contribution in [0.2, 0.25) is 0 Å². The quantitative estimate of drug-likeness (QED) is 0.939. The fourth-order valence-electron chi connectivity index (χ4n) is 3.00. The maximum Gasteiger partial charge on any atom is 0.251 e. The Labute approximate surface area is 141 Å². The maximum absolute atomic E-state index is 12.7. The van der Waals surface area contributed by atoms with E-state index in [1.54, 1.807) is 24.4 Å². The Kier molecular flexibility index (Phi) is 3.84. The maximum atomic E-state index is 12.7. The van der Waals surface area contributed by atoms with Gasteiger partial charge in [0.1, 0.15) is 13.2 Å². The van der Waals surface area contributed by atoms with Crippen LogP contribution >= 0.6 is 0 Å². The highest BCUT2D eigenvalue weighted by Crippen LogP contribution is 2.41. The molecule has 124 valence electrons. The summed E-state index contributed by atoms with van der Waals surface area (Å²) in [6, 6.07) is 9.29. The largest absolute Gasteiger partial charge is 0.486 e. The van der Waals surface area contributed by atoms with Crippen molar-refractivity contribution in [3.63, 3.8) is 0 Å². The molecule has 1 aromatic carbocycles. The summed E-state index contributed by atoms with van der Waals surface area (Å²) in [5.74, 6) is 1.69. The third kappa shape index (κ3) is 3.07. The SMILES string of the molecule is Cc1ccnc([C@H](NC(=O)c2ccc3c(c2)OCCO3)C2CC2)c1. The molecule has 4 rings (SSSR count). The average Bonchev–Trinajstić information content (AvgIpc) is 3.44. The van der Waals surface area contributed by atoms with Gasteiger partial charge in [0, 0.05) is 11.8 Å². The molecule has 1 aliphatic heterocycles. The second-order valence-electron chi connectivity index (χ2n) is 6.41. The lowest BCUT2D eigenvalue weighted by Crippen LogP contribution is -2.30. The molecule has 0 unspecified atom stereocenters. The van der Waals surface area contributed by atoms with Gasteiger partial charge in [0.25, 0.3) is 5.91 Å². The van der Waals surface area contributed by atoms with Crippen molar-refractivity contribution in [2.45, 2.75) is 25.8 Å². The van der Waals surface area contributed by atoms with Crippen molar-refractivity contribution < 1.29 is 14.3 Å². The molecule has 2 aliphatic rings. The summed E-state index contributed by atoms with van der Waals surface area (Å²) in [6.07, 6.45) is 4.06. The van der Waals surface area contributed by atoms with Crippen LogP contribution in [0, 0.1) is 12.8 Å². The molecule has 0 spiro atoms. The van der Waals surface area contributed by atoms with Crippen LogP contribution in [0.5, 0.6) is 11.5 Å². The summed E-state index contributed by atoms with van der Waals surface area (Å²) in [4.78, 5) is 17.2. The monoisotopic (exact) mass is 324 g/mol. The zero-order valence-electron chi connectivity index (χ0n) is 13.6. The van der Waals surface area contributed by atoms with Gasteiger partial charge in [-0.1, -0.05) is 0 Å². The summed E-state index contributed by atoms with van der Waals surface area (Å²) in [5, 5.41) is 3.15. The molecule has 24 heavy (non-hydrogen) atoms.